The fourth-order valence-corrected chi connectivity index (χ4v) is 5.17. The van der Waals surface area contributed by atoms with E-state index in [-0.39, 0.29) is 18.0 Å². The second-order valence-electron chi connectivity index (χ2n) is 6.74. The van der Waals surface area contributed by atoms with Crippen LogP contribution in [0.5, 0.6) is 0 Å². The van der Waals surface area contributed by atoms with E-state index in [4.69, 9.17) is 4.99 Å². The van der Waals surface area contributed by atoms with E-state index < -0.39 is 0 Å². The number of hydrogen-bond donors (Lipinski definition) is 1. The molecule has 5 rings (SSSR count). The van der Waals surface area contributed by atoms with E-state index in [2.05, 4.69) is 26.8 Å². The molecule has 0 saturated heterocycles. The van der Waals surface area contributed by atoms with Crippen molar-refractivity contribution in [2.24, 2.45) is 15.9 Å². The lowest BCUT2D eigenvalue weighted by Gasteiger charge is -2.22. The number of allylic oxidation sites excluding steroid dienone is 1. The Kier molecular flexibility index (Phi) is 3.50. The van der Waals surface area contributed by atoms with Gasteiger partial charge in [-0.05, 0) is 42.0 Å². The molecule has 132 valence electrons. The number of anilines is 1. The summed E-state index contributed by atoms with van der Waals surface area (Å²) in [7, 11) is 1.78. The average molecular weight is 366 g/mol. The first kappa shape index (κ1) is 15.8. The Hall–Kier alpha value is -2.47. The Labute approximate surface area is 156 Å². The zero-order valence-corrected chi connectivity index (χ0v) is 15.0. The zero-order chi connectivity index (χ0) is 17.7. The topological polar surface area (TPSA) is 49.6 Å². The van der Waals surface area contributed by atoms with Crippen molar-refractivity contribution in [3.8, 4) is 0 Å². The molecule has 3 aliphatic rings. The van der Waals surface area contributed by atoms with Gasteiger partial charge in [-0.2, -0.15) is 0 Å². The van der Waals surface area contributed by atoms with E-state index in [1.165, 1.54) is 12.1 Å². The van der Waals surface area contributed by atoms with Crippen LogP contribution >= 0.6 is 11.8 Å². The third-order valence-corrected chi connectivity index (χ3v) is 6.66. The minimum atomic E-state index is -0.270. The molecule has 2 aliphatic heterocycles. The maximum absolute atomic E-state index is 13.9. The van der Waals surface area contributed by atoms with Gasteiger partial charge in [0.15, 0.2) is 0 Å². The summed E-state index contributed by atoms with van der Waals surface area (Å²) < 4.78 is 13.9. The van der Waals surface area contributed by atoms with Crippen LogP contribution in [0.1, 0.15) is 19.0 Å². The molecule has 0 amide bonds. The van der Waals surface area contributed by atoms with Gasteiger partial charge in [0.2, 0.25) is 0 Å². The van der Waals surface area contributed by atoms with Gasteiger partial charge in [-0.25, -0.2) is 9.37 Å². The molecule has 26 heavy (non-hydrogen) atoms. The maximum Gasteiger partial charge on any atom is 0.140 e. The number of nitrogens with zero attached hydrogens (tertiary/aromatic N) is 3. The smallest absolute Gasteiger partial charge is 0.140 e. The molecule has 3 atom stereocenters. The van der Waals surface area contributed by atoms with Crippen molar-refractivity contribution in [3.05, 3.63) is 71.0 Å². The summed E-state index contributed by atoms with van der Waals surface area (Å²) in [6, 6.07) is 10.3. The number of aliphatic imine (C=N–C) groups is 2. The van der Waals surface area contributed by atoms with E-state index in [0.29, 0.717) is 11.7 Å². The van der Waals surface area contributed by atoms with Crippen LogP contribution in [-0.2, 0) is 0 Å². The molecule has 6 heteroatoms. The first-order chi connectivity index (χ1) is 12.7. The van der Waals surface area contributed by atoms with Crippen molar-refractivity contribution in [2.75, 3.05) is 12.4 Å². The van der Waals surface area contributed by atoms with E-state index in [1.807, 2.05) is 30.0 Å². The van der Waals surface area contributed by atoms with Crippen LogP contribution in [0.25, 0.3) is 0 Å². The number of benzene rings is 1. The molecule has 1 N–H and O–H groups in total. The summed E-state index contributed by atoms with van der Waals surface area (Å²) in [6.45, 7) is 0. The molecule has 0 radical (unpaired) electrons. The molecule has 1 aliphatic carbocycles. The summed E-state index contributed by atoms with van der Waals surface area (Å²) in [5.74, 6) is 1.77. The number of nitrogens with one attached hydrogen (secondary N) is 1. The highest BCUT2D eigenvalue weighted by atomic mass is 32.2. The van der Waals surface area contributed by atoms with Crippen LogP contribution in [0, 0.1) is 11.7 Å². The molecule has 1 fully saturated rings. The first-order valence-corrected chi connectivity index (χ1v) is 9.46. The summed E-state index contributed by atoms with van der Waals surface area (Å²) in [4.78, 5) is 14.1. The Morgan fingerprint density at radius 2 is 2.27 bits per heavy atom. The lowest BCUT2D eigenvalue weighted by Crippen LogP contribution is -2.37. The summed E-state index contributed by atoms with van der Waals surface area (Å²) in [5.41, 5.74) is 2.38. The zero-order valence-electron chi connectivity index (χ0n) is 14.2. The van der Waals surface area contributed by atoms with Gasteiger partial charge < -0.3 is 5.32 Å². The molecule has 2 aromatic rings. The number of aromatic nitrogens is 1. The van der Waals surface area contributed by atoms with Crippen LogP contribution < -0.4 is 5.32 Å². The standard InChI is InChI=1S/C20H17FN4S.H2/c1-22-19-17(20-11-13(20)7-9-26-20)24-16(12-4-2-5-14(21)10-12)15-6-3-8-23-18(15)25-19;/h2-10,13,17H,11H2,1H3,(H,22,23,25);1H. The number of thioether (sulfide) groups is 1. The van der Waals surface area contributed by atoms with Crippen molar-refractivity contribution < 1.29 is 5.82 Å². The number of halogens is 1. The quantitative estimate of drug-likeness (QED) is 0.869. The third-order valence-electron chi connectivity index (χ3n) is 5.23. The second-order valence-corrected chi connectivity index (χ2v) is 8.00. The van der Waals surface area contributed by atoms with Gasteiger partial charge in [0.1, 0.15) is 23.5 Å². The van der Waals surface area contributed by atoms with Gasteiger partial charge in [-0.3, -0.25) is 9.98 Å². The highest BCUT2D eigenvalue weighted by Crippen LogP contribution is 2.63. The molecular formula is C20H19FN4S. The summed E-state index contributed by atoms with van der Waals surface area (Å²) >= 11 is 1.83. The van der Waals surface area contributed by atoms with Gasteiger partial charge in [0, 0.05) is 25.8 Å². The van der Waals surface area contributed by atoms with Crippen molar-refractivity contribution in [1.29, 1.82) is 0 Å². The molecule has 3 heterocycles. The van der Waals surface area contributed by atoms with E-state index in [0.717, 1.165) is 29.1 Å². The molecule has 1 aromatic carbocycles. The van der Waals surface area contributed by atoms with E-state index in [1.54, 1.807) is 19.3 Å². The minimum absolute atomic E-state index is 0. The maximum atomic E-state index is 13.9. The van der Waals surface area contributed by atoms with Crippen molar-refractivity contribution >= 4 is 29.1 Å². The summed E-state index contributed by atoms with van der Waals surface area (Å²) in [6.07, 6.45) is 5.08. The van der Waals surface area contributed by atoms with Gasteiger partial charge in [-0.15, -0.1) is 11.8 Å². The van der Waals surface area contributed by atoms with Crippen LogP contribution in [0.4, 0.5) is 10.2 Å². The largest absolute Gasteiger partial charge is 0.326 e. The van der Waals surface area contributed by atoms with Crippen molar-refractivity contribution in [3.63, 3.8) is 0 Å². The lowest BCUT2D eigenvalue weighted by molar-refractivity contribution is 0.627. The molecule has 4 nitrogen and oxygen atoms in total. The second kappa shape index (κ2) is 5.77. The average Bonchev–Trinajstić information content (AvgIpc) is 3.27. The van der Waals surface area contributed by atoms with Gasteiger partial charge in [-0.1, -0.05) is 18.2 Å². The fraction of sp³-hybridized carbons (Fsp3) is 0.250. The fourth-order valence-electron chi connectivity index (χ4n) is 3.82. The van der Waals surface area contributed by atoms with E-state index in [9.17, 15) is 4.39 Å². The number of rotatable bonds is 2. The van der Waals surface area contributed by atoms with Crippen LogP contribution in [0.3, 0.4) is 0 Å². The number of hydrogen-bond acceptors (Lipinski definition) is 4. The van der Waals surface area contributed by atoms with Crippen molar-refractivity contribution in [1.82, 2.24) is 4.98 Å². The monoisotopic (exact) mass is 366 g/mol. The Balaban J connectivity index is 0.00000180. The molecule has 1 aromatic heterocycles. The highest BCUT2D eigenvalue weighted by molar-refractivity contribution is 8.04. The first-order valence-electron chi connectivity index (χ1n) is 8.58. The molecule has 0 spiro atoms. The van der Waals surface area contributed by atoms with E-state index >= 15 is 0 Å². The lowest BCUT2D eigenvalue weighted by atomic mass is 10.0. The Morgan fingerprint density at radius 1 is 1.35 bits per heavy atom. The molecule has 3 unspecified atom stereocenters. The summed E-state index contributed by atoms with van der Waals surface area (Å²) in [5, 5.41) is 5.55. The molecule has 0 bridgehead atoms. The van der Waals surface area contributed by atoms with Gasteiger partial charge in [0.25, 0.3) is 0 Å². The Morgan fingerprint density at radius 3 is 3.00 bits per heavy atom. The highest BCUT2D eigenvalue weighted by Gasteiger charge is 2.62. The predicted octanol–water partition coefficient (Wildman–Crippen LogP) is 4.15. The van der Waals surface area contributed by atoms with Crippen LogP contribution in [-0.4, -0.2) is 34.4 Å². The van der Waals surface area contributed by atoms with Gasteiger partial charge in [0.05, 0.1) is 10.5 Å². The Bertz CT molecular complexity index is 989. The predicted molar refractivity (Wildman–Crippen MR) is 107 cm³/mol. The normalized spacial score (nSPS) is 30.2. The SMILES string of the molecule is CN=C1Nc2ncccc2C(c2cccc(F)c2)=NC1C12CC1C=CS2.[HH]. The number of fused-ring (bicyclic) bond motifs is 2. The molecule has 1 saturated carbocycles. The van der Waals surface area contributed by atoms with Gasteiger partial charge >= 0.3 is 0 Å². The number of pyridine rings is 1. The van der Waals surface area contributed by atoms with Crippen LogP contribution in [0.2, 0.25) is 0 Å². The molecular weight excluding hydrogens is 347 g/mol. The third kappa shape index (κ3) is 2.32. The van der Waals surface area contributed by atoms with Crippen molar-refractivity contribution in [2.45, 2.75) is 17.2 Å². The minimum Gasteiger partial charge on any atom is -0.326 e. The number of amidine groups is 1. The van der Waals surface area contributed by atoms with Crippen LogP contribution in [0.15, 0.2) is 64.1 Å².